The molecule has 2 aromatic rings. The van der Waals surface area contributed by atoms with E-state index in [0.29, 0.717) is 6.04 Å². The van der Waals surface area contributed by atoms with E-state index in [1.54, 1.807) is 0 Å². The molecule has 2 aromatic carbocycles. The van der Waals surface area contributed by atoms with Crippen molar-refractivity contribution in [3.63, 3.8) is 0 Å². The molecule has 3 heteroatoms. The van der Waals surface area contributed by atoms with E-state index in [4.69, 9.17) is 9.47 Å². The van der Waals surface area contributed by atoms with Gasteiger partial charge in [-0.1, -0.05) is 56.4 Å². The van der Waals surface area contributed by atoms with E-state index in [1.807, 2.05) is 12.1 Å². The molecular formula is C26H37NO2. The summed E-state index contributed by atoms with van der Waals surface area (Å²) in [6, 6.07) is 17.3. The van der Waals surface area contributed by atoms with E-state index in [2.05, 4.69) is 55.1 Å². The Labute approximate surface area is 177 Å². The van der Waals surface area contributed by atoms with Crippen LogP contribution >= 0.6 is 0 Å². The minimum atomic E-state index is 0.650. The summed E-state index contributed by atoms with van der Waals surface area (Å²) in [5, 5.41) is 0. The highest BCUT2D eigenvalue weighted by Crippen LogP contribution is 2.22. The predicted molar refractivity (Wildman–Crippen MR) is 121 cm³/mol. The maximum absolute atomic E-state index is 6.06. The molecule has 0 radical (unpaired) electrons. The molecule has 3 nitrogen and oxygen atoms in total. The van der Waals surface area contributed by atoms with Crippen LogP contribution in [0.4, 0.5) is 0 Å². The van der Waals surface area contributed by atoms with Crippen LogP contribution in [0.3, 0.4) is 0 Å². The van der Waals surface area contributed by atoms with Gasteiger partial charge in [-0.25, -0.2) is 0 Å². The average Bonchev–Trinajstić information content (AvgIpc) is 2.67. The van der Waals surface area contributed by atoms with E-state index >= 15 is 0 Å². The first-order valence-electron chi connectivity index (χ1n) is 11.3. The lowest BCUT2D eigenvalue weighted by atomic mass is 9.95. The third kappa shape index (κ3) is 7.74. The zero-order chi connectivity index (χ0) is 20.3. The van der Waals surface area contributed by atoms with Gasteiger partial charge < -0.3 is 9.47 Å². The van der Waals surface area contributed by atoms with Crippen LogP contribution in [0, 0.1) is 13.8 Å². The molecule has 0 atom stereocenters. The smallest absolute Gasteiger partial charge is 0.119 e. The van der Waals surface area contributed by atoms with Crippen molar-refractivity contribution < 1.29 is 9.47 Å². The van der Waals surface area contributed by atoms with E-state index in [9.17, 15) is 0 Å². The second-order valence-corrected chi connectivity index (χ2v) is 8.36. The first kappa shape index (κ1) is 21.7. The van der Waals surface area contributed by atoms with Crippen LogP contribution in [0.15, 0.2) is 48.5 Å². The van der Waals surface area contributed by atoms with Crippen molar-refractivity contribution in [3.8, 4) is 11.5 Å². The third-order valence-corrected chi connectivity index (χ3v) is 5.86. The van der Waals surface area contributed by atoms with E-state index in [1.165, 1.54) is 56.1 Å². The number of benzene rings is 2. The topological polar surface area (TPSA) is 21.7 Å². The first-order valence-corrected chi connectivity index (χ1v) is 11.3. The molecule has 1 aliphatic rings. The highest BCUT2D eigenvalue weighted by molar-refractivity contribution is 5.28. The van der Waals surface area contributed by atoms with Crippen LogP contribution in [0.5, 0.6) is 11.5 Å². The van der Waals surface area contributed by atoms with Crippen molar-refractivity contribution in [2.24, 2.45) is 0 Å². The maximum atomic E-state index is 6.06. The van der Waals surface area contributed by atoms with Crippen LogP contribution in [-0.2, 0) is 0 Å². The van der Waals surface area contributed by atoms with E-state index in [-0.39, 0.29) is 0 Å². The van der Waals surface area contributed by atoms with Gasteiger partial charge in [0.1, 0.15) is 24.7 Å². The molecule has 0 saturated heterocycles. The highest BCUT2D eigenvalue weighted by atomic mass is 16.5. The fraction of sp³-hybridized carbons (Fsp3) is 0.538. The summed E-state index contributed by atoms with van der Waals surface area (Å²) in [6.45, 7) is 7.58. The number of hydrogen-bond donors (Lipinski definition) is 0. The summed E-state index contributed by atoms with van der Waals surface area (Å²) < 4.78 is 12.1. The van der Waals surface area contributed by atoms with Crippen LogP contribution in [0.25, 0.3) is 0 Å². The summed E-state index contributed by atoms with van der Waals surface area (Å²) in [5.41, 5.74) is 2.48. The van der Waals surface area contributed by atoms with Gasteiger partial charge in [0.25, 0.3) is 0 Å². The van der Waals surface area contributed by atoms with Gasteiger partial charge in [-0.15, -0.1) is 0 Å². The quantitative estimate of drug-likeness (QED) is 0.506. The molecule has 0 bridgehead atoms. The van der Waals surface area contributed by atoms with Crippen molar-refractivity contribution in [2.45, 2.75) is 64.8 Å². The van der Waals surface area contributed by atoms with Gasteiger partial charge in [0.05, 0.1) is 0 Å². The van der Waals surface area contributed by atoms with Crippen molar-refractivity contribution in [1.29, 1.82) is 0 Å². The SMILES string of the molecule is Cc1cccc(OCCN(CCOc2cccc(C)c2)C2CCCCCCC2)c1. The standard InChI is InChI=1S/C26H37NO2/c1-22-10-8-14-25(20-22)28-18-16-27(24-12-6-4-3-5-7-13-24)17-19-29-26-15-9-11-23(2)21-26/h8-11,14-15,20-21,24H,3-7,12-13,16-19H2,1-2H3. The lowest BCUT2D eigenvalue weighted by Gasteiger charge is -2.33. The van der Waals surface area contributed by atoms with Crippen molar-refractivity contribution in [1.82, 2.24) is 4.90 Å². The summed E-state index contributed by atoms with van der Waals surface area (Å²) in [7, 11) is 0. The molecule has 0 aromatic heterocycles. The molecule has 0 N–H and O–H groups in total. The van der Waals surface area contributed by atoms with Gasteiger partial charge >= 0.3 is 0 Å². The molecule has 0 aliphatic heterocycles. The van der Waals surface area contributed by atoms with Crippen LogP contribution in [-0.4, -0.2) is 37.2 Å². The molecule has 29 heavy (non-hydrogen) atoms. The van der Waals surface area contributed by atoms with Crippen LogP contribution in [0.2, 0.25) is 0 Å². The number of ether oxygens (including phenoxy) is 2. The number of nitrogens with zero attached hydrogens (tertiary/aromatic N) is 1. The molecule has 0 amide bonds. The molecule has 1 saturated carbocycles. The van der Waals surface area contributed by atoms with E-state index < -0.39 is 0 Å². The van der Waals surface area contributed by atoms with E-state index in [0.717, 1.165) is 37.8 Å². The van der Waals surface area contributed by atoms with Crippen LogP contribution < -0.4 is 9.47 Å². The Kier molecular flexibility index (Phi) is 8.88. The first-order chi connectivity index (χ1) is 14.2. The fourth-order valence-corrected chi connectivity index (χ4v) is 4.25. The van der Waals surface area contributed by atoms with Crippen molar-refractivity contribution in [3.05, 3.63) is 59.7 Å². The van der Waals surface area contributed by atoms with Gasteiger partial charge in [0.15, 0.2) is 0 Å². The zero-order valence-electron chi connectivity index (χ0n) is 18.2. The fourth-order valence-electron chi connectivity index (χ4n) is 4.25. The van der Waals surface area contributed by atoms with Gasteiger partial charge in [-0.2, -0.15) is 0 Å². The molecule has 0 spiro atoms. The summed E-state index contributed by atoms with van der Waals surface area (Å²) in [6.07, 6.45) is 9.45. The lowest BCUT2D eigenvalue weighted by Crippen LogP contribution is -2.41. The Morgan fingerprint density at radius 2 is 1.21 bits per heavy atom. The Morgan fingerprint density at radius 3 is 1.69 bits per heavy atom. The summed E-state index contributed by atoms with van der Waals surface area (Å²) in [4.78, 5) is 2.61. The average molecular weight is 396 g/mol. The van der Waals surface area contributed by atoms with Gasteiger partial charge in [-0.3, -0.25) is 4.90 Å². The lowest BCUT2D eigenvalue weighted by molar-refractivity contribution is 0.117. The minimum absolute atomic E-state index is 0.650. The highest BCUT2D eigenvalue weighted by Gasteiger charge is 2.19. The Hall–Kier alpha value is -2.00. The second kappa shape index (κ2) is 11.9. The zero-order valence-corrected chi connectivity index (χ0v) is 18.2. The largest absolute Gasteiger partial charge is 0.492 e. The molecule has 3 rings (SSSR count). The third-order valence-electron chi connectivity index (χ3n) is 5.86. The minimum Gasteiger partial charge on any atom is -0.492 e. The van der Waals surface area contributed by atoms with Crippen LogP contribution in [0.1, 0.15) is 56.1 Å². The van der Waals surface area contributed by atoms with Crippen molar-refractivity contribution >= 4 is 0 Å². The summed E-state index contributed by atoms with van der Waals surface area (Å²) in [5.74, 6) is 1.94. The molecule has 0 heterocycles. The van der Waals surface area contributed by atoms with Gasteiger partial charge in [-0.05, 0) is 62.1 Å². The number of aryl methyl sites for hydroxylation is 2. The Balaban J connectivity index is 1.54. The number of rotatable bonds is 9. The Morgan fingerprint density at radius 1 is 0.724 bits per heavy atom. The normalized spacial score (nSPS) is 15.7. The molecule has 1 aliphatic carbocycles. The number of hydrogen-bond acceptors (Lipinski definition) is 3. The van der Waals surface area contributed by atoms with Gasteiger partial charge in [0, 0.05) is 19.1 Å². The Bertz CT molecular complexity index is 671. The maximum Gasteiger partial charge on any atom is 0.119 e. The predicted octanol–water partition coefficient (Wildman–Crippen LogP) is 6.18. The molecule has 158 valence electrons. The molecule has 0 unspecified atom stereocenters. The van der Waals surface area contributed by atoms with Gasteiger partial charge in [0.2, 0.25) is 0 Å². The van der Waals surface area contributed by atoms with Crippen molar-refractivity contribution in [2.75, 3.05) is 26.3 Å². The molecular weight excluding hydrogens is 358 g/mol. The second-order valence-electron chi connectivity index (χ2n) is 8.36. The summed E-state index contributed by atoms with van der Waals surface area (Å²) >= 11 is 0. The molecule has 1 fully saturated rings. The monoisotopic (exact) mass is 395 g/mol.